The van der Waals surface area contributed by atoms with Crippen molar-refractivity contribution in [3.05, 3.63) is 33.1 Å². The molecule has 1 unspecified atom stereocenters. The molecule has 1 N–H and O–H groups in total. The molecule has 0 aliphatic carbocycles. The van der Waals surface area contributed by atoms with Crippen molar-refractivity contribution in [1.29, 1.82) is 0 Å². The van der Waals surface area contributed by atoms with Crippen LogP contribution in [0.5, 0.6) is 0 Å². The predicted molar refractivity (Wildman–Crippen MR) is 66.6 cm³/mol. The molecule has 0 radical (unpaired) electrons. The van der Waals surface area contributed by atoms with Crippen molar-refractivity contribution in [3.8, 4) is 0 Å². The first-order valence-corrected chi connectivity index (χ1v) is 6.55. The summed E-state index contributed by atoms with van der Waals surface area (Å²) in [7, 11) is 1.90. The van der Waals surface area contributed by atoms with Crippen LogP contribution in [0, 0.1) is 0 Å². The Hall–Kier alpha value is -0.720. The van der Waals surface area contributed by atoms with E-state index in [2.05, 4.69) is 37.8 Å². The molecule has 2 aromatic rings. The van der Waals surface area contributed by atoms with Crippen molar-refractivity contribution in [1.82, 2.24) is 14.9 Å². The molecule has 0 saturated heterocycles. The second-order valence-electron chi connectivity index (χ2n) is 3.29. The van der Waals surface area contributed by atoms with E-state index in [0.29, 0.717) is 0 Å². The minimum Gasteiger partial charge on any atom is -0.466 e. The van der Waals surface area contributed by atoms with Gasteiger partial charge in [-0.1, -0.05) is 11.4 Å². The van der Waals surface area contributed by atoms with E-state index in [1.807, 2.05) is 13.1 Å². The summed E-state index contributed by atoms with van der Waals surface area (Å²) < 4.78 is 10.4. The van der Waals surface area contributed by atoms with Crippen LogP contribution >= 0.6 is 27.5 Å². The molecular formula is C10H12BrN3OS. The number of hydrogen-bond acceptors (Lipinski definition) is 5. The summed E-state index contributed by atoms with van der Waals surface area (Å²) >= 11 is 4.88. The van der Waals surface area contributed by atoms with Gasteiger partial charge in [-0.15, -0.1) is 5.10 Å². The van der Waals surface area contributed by atoms with Crippen LogP contribution in [0.25, 0.3) is 0 Å². The van der Waals surface area contributed by atoms with Crippen LogP contribution in [-0.2, 0) is 6.42 Å². The molecule has 2 rings (SSSR count). The Morgan fingerprint density at radius 3 is 3.00 bits per heavy atom. The van der Waals surface area contributed by atoms with Crippen molar-refractivity contribution >= 4 is 27.5 Å². The van der Waals surface area contributed by atoms with Gasteiger partial charge < -0.3 is 9.73 Å². The number of halogens is 1. The molecule has 0 amide bonds. The monoisotopic (exact) mass is 301 g/mol. The van der Waals surface area contributed by atoms with Crippen LogP contribution in [0.1, 0.15) is 29.3 Å². The summed E-state index contributed by atoms with van der Waals surface area (Å²) in [5, 5.41) is 7.34. The number of nitrogens with one attached hydrogen (secondary N) is 1. The van der Waals surface area contributed by atoms with Crippen LogP contribution in [0.15, 0.2) is 21.2 Å². The van der Waals surface area contributed by atoms with E-state index in [9.17, 15) is 0 Å². The number of furan rings is 1. The van der Waals surface area contributed by atoms with Crippen molar-refractivity contribution < 1.29 is 4.42 Å². The zero-order valence-electron chi connectivity index (χ0n) is 9.03. The summed E-state index contributed by atoms with van der Waals surface area (Å²) in [4.78, 5) is 1.11. The summed E-state index contributed by atoms with van der Waals surface area (Å²) in [5.74, 6) is 0.864. The maximum atomic E-state index is 5.48. The van der Waals surface area contributed by atoms with Gasteiger partial charge in [0.2, 0.25) is 0 Å². The third-order valence-electron chi connectivity index (χ3n) is 2.38. The van der Waals surface area contributed by atoms with Gasteiger partial charge in [0.1, 0.15) is 11.8 Å². The SMILES string of the molecule is CCc1nnsc1C(NC)c1occc1Br. The molecule has 16 heavy (non-hydrogen) atoms. The summed E-state index contributed by atoms with van der Waals surface area (Å²) in [6, 6.07) is 1.90. The molecule has 86 valence electrons. The van der Waals surface area contributed by atoms with E-state index >= 15 is 0 Å². The number of aromatic nitrogens is 2. The molecule has 2 aromatic heterocycles. The van der Waals surface area contributed by atoms with Gasteiger partial charge in [-0.2, -0.15) is 0 Å². The van der Waals surface area contributed by atoms with E-state index in [-0.39, 0.29) is 6.04 Å². The molecule has 0 aromatic carbocycles. The molecular weight excluding hydrogens is 290 g/mol. The zero-order chi connectivity index (χ0) is 11.5. The second kappa shape index (κ2) is 5.07. The van der Waals surface area contributed by atoms with E-state index in [1.54, 1.807) is 6.26 Å². The molecule has 6 heteroatoms. The average Bonchev–Trinajstić information content (AvgIpc) is 2.90. The van der Waals surface area contributed by atoms with Crippen molar-refractivity contribution in [2.24, 2.45) is 0 Å². The van der Waals surface area contributed by atoms with Crippen molar-refractivity contribution in [2.45, 2.75) is 19.4 Å². The molecule has 0 aliphatic rings. The highest BCUT2D eigenvalue weighted by Crippen LogP contribution is 2.32. The standard InChI is InChI=1S/C10H12BrN3OS/c1-3-7-10(16-14-13-7)8(12-2)9-6(11)4-5-15-9/h4-5,8,12H,3H2,1-2H3. The van der Waals surface area contributed by atoms with Crippen LogP contribution in [0.3, 0.4) is 0 Å². The average molecular weight is 302 g/mol. The first-order valence-electron chi connectivity index (χ1n) is 4.99. The van der Waals surface area contributed by atoms with E-state index in [4.69, 9.17) is 4.42 Å². The minimum absolute atomic E-state index is 0.0133. The number of hydrogen-bond donors (Lipinski definition) is 1. The fourth-order valence-electron chi connectivity index (χ4n) is 1.57. The quantitative estimate of drug-likeness (QED) is 0.943. The molecule has 2 heterocycles. The topological polar surface area (TPSA) is 51.0 Å². The summed E-state index contributed by atoms with van der Waals surface area (Å²) in [5.41, 5.74) is 1.02. The Morgan fingerprint density at radius 2 is 2.44 bits per heavy atom. The molecule has 0 spiro atoms. The maximum absolute atomic E-state index is 5.48. The Kier molecular flexibility index (Phi) is 3.73. The van der Waals surface area contributed by atoms with Gasteiger partial charge >= 0.3 is 0 Å². The lowest BCUT2D eigenvalue weighted by atomic mass is 10.1. The van der Waals surface area contributed by atoms with Gasteiger partial charge in [0, 0.05) is 0 Å². The van der Waals surface area contributed by atoms with Crippen molar-refractivity contribution in [3.63, 3.8) is 0 Å². The fraction of sp³-hybridized carbons (Fsp3) is 0.400. The lowest BCUT2D eigenvalue weighted by molar-refractivity contribution is 0.462. The van der Waals surface area contributed by atoms with Gasteiger partial charge in [-0.25, -0.2) is 0 Å². The van der Waals surface area contributed by atoms with Crippen molar-refractivity contribution in [2.75, 3.05) is 7.05 Å². The van der Waals surface area contributed by atoms with Crippen LogP contribution < -0.4 is 5.32 Å². The first kappa shape index (κ1) is 11.8. The second-order valence-corrected chi connectivity index (χ2v) is 4.93. The van der Waals surface area contributed by atoms with Crippen LogP contribution in [0.2, 0.25) is 0 Å². The third-order valence-corrected chi connectivity index (χ3v) is 3.86. The Bertz CT molecular complexity index is 468. The maximum Gasteiger partial charge on any atom is 0.140 e. The lowest BCUT2D eigenvalue weighted by Gasteiger charge is -2.12. The van der Waals surface area contributed by atoms with Gasteiger partial charge in [0.05, 0.1) is 21.3 Å². The van der Waals surface area contributed by atoms with Gasteiger partial charge in [0.25, 0.3) is 0 Å². The largest absolute Gasteiger partial charge is 0.466 e. The molecule has 4 nitrogen and oxygen atoms in total. The van der Waals surface area contributed by atoms with E-state index in [0.717, 1.165) is 27.2 Å². The highest BCUT2D eigenvalue weighted by Gasteiger charge is 2.23. The third kappa shape index (κ3) is 2.05. The van der Waals surface area contributed by atoms with Gasteiger partial charge in [-0.05, 0) is 47.0 Å². The summed E-state index contributed by atoms with van der Waals surface area (Å²) in [6.45, 7) is 2.07. The first-order chi connectivity index (χ1) is 7.77. The lowest BCUT2D eigenvalue weighted by Crippen LogP contribution is -2.17. The summed E-state index contributed by atoms with van der Waals surface area (Å²) in [6.07, 6.45) is 2.55. The Morgan fingerprint density at radius 1 is 1.62 bits per heavy atom. The highest BCUT2D eigenvalue weighted by atomic mass is 79.9. The van der Waals surface area contributed by atoms with E-state index in [1.165, 1.54) is 11.5 Å². The molecule has 0 saturated carbocycles. The highest BCUT2D eigenvalue weighted by molar-refractivity contribution is 9.10. The Balaban J connectivity index is 2.40. The smallest absolute Gasteiger partial charge is 0.140 e. The Labute approximate surface area is 106 Å². The predicted octanol–water partition coefficient (Wildman–Crippen LogP) is 2.76. The number of rotatable bonds is 4. The molecule has 0 bridgehead atoms. The molecule has 0 aliphatic heterocycles. The fourth-order valence-corrected chi connectivity index (χ4v) is 2.85. The molecule has 1 atom stereocenters. The van der Waals surface area contributed by atoms with Crippen LogP contribution in [-0.4, -0.2) is 16.6 Å². The van der Waals surface area contributed by atoms with E-state index < -0.39 is 0 Å². The molecule has 0 fully saturated rings. The van der Waals surface area contributed by atoms with Gasteiger partial charge in [0.15, 0.2) is 0 Å². The minimum atomic E-state index is 0.0133. The number of nitrogens with zero attached hydrogens (tertiary/aromatic N) is 2. The normalized spacial score (nSPS) is 12.9. The van der Waals surface area contributed by atoms with Crippen LogP contribution in [0.4, 0.5) is 0 Å². The zero-order valence-corrected chi connectivity index (χ0v) is 11.4. The van der Waals surface area contributed by atoms with Gasteiger partial charge in [-0.3, -0.25) is 0 Å². The number of aryl methyl sites for hydroxylation is 1.